The van der Waals surface area contributed by atoms with E-state index in [9.17, 15) is 4.79 Å². The van der Waals surface area contributed by atoms with E-state index in [0.29, 0.717) is 12.6 Å². The van der Waals surface area contributed by atoms with Crippen LogP contribution in [0, 0.1) is 5.92 Å². The minimum atomic E-state index is -0.648. The Bertz CT molecular complexity index is 660. The smallest absolute Gasteiger partial charge is 0.312 e. The molecule has 3 nitrogen and oxygen atoms in total. The molecular weight excluding hydrogens is 310 g/mol. The summed E-state index contributed by atoms with van der Waals surface area (Å²) in [5.74, 6) is -0.818. The molecule has 1 aliphatic rings. The van der Waals surface area contributed by atoms with E-state index in [4.69, 9.17) is 5.11 Å². The summed E-state index contributed by atoms with van der Waals surface area (Å²) in [5.41, 5.74) is 3.76. The molecule has 0 unspecified atom stereocenters. The summed E-state index contributed by atoms with van der Waals surface area (Å²) in [4.78, 5) is 11.0. The Balaban J connectivity index is 1.65. The Hall–Kier alpha value is -2.39. The van der Waals surface area contributed by atoms with Gasteiger partial charge < -0.3 is 10.4 Å². The number of quaternary nitrogens is 1. The first-order valence-electron chi connectivity index (χ1n) is 9.11. The van der Waals surface area contributed by atoms with Crippen molar-refractivity contribution in [2.24, 2.45) is 5.92 Å². The van der Waals surface area contributed by atoms with Crippen LogP contribution in [0.2, 0.25) is 0 Å². The lowest BCUT2D eigenvalue weighted by Gasteiger charge is -2.24. The number of hydrogen-bond acceptors (Lipinski definition) is 1. The van der Waals surface area contributed by atoms with Crippen molar-refractivity contribution in [1.82, 2.24) is 0 Å². The molecule has 0 radical (unpaired) electrons. The fourth-order valence-electron chi connectivity index (χ4n) is 3.57. The molecule has 0 amide bonds. The topological polar surface area (TPSA) is 53.9 Å². The standard InChI is InChI=1S/C22H25NO2/c24-22(25)19-14-15-20(23-16-19)12-7-13-21(17-8-3-1-4-9-17)18-10-5-2-6-11-18/h1-6,8-11,13,19-20,23H,7,12,14-16H2,(H,24,25)/p+1/t19-,20+/m1/s1. The summed E-state index contributed by atoms with van der Waals surface area (Å²) in [6.45, 7) is 0.716. The highest BCUT2D eigenvalue weighted by Crippen LogP contribution is 2.24. The Labute approximate surface area is 149 Å². The van der Waals surface area contributed by atoms with Gasteiger partial charge in [0.25, 0.3) is 0 Å². The van der Waals surface area contributed by atoms with Gasteiger partial charge in [-0.2, -0.15) is 0 Å². The van der Waals surface area contributed by atoms with Crippen LogP contribution < -0.4 is 5.32 Å². The summed E-state index contributed by atoms with van der Waals surface area (Å²) in [6.07, 6.45) is 6.25. The summed E-state index contributed by atoms with van der Waals surface area (Å²) < 4.78 is 0. The normalized spacial score (nSPS) is 20.0. The first-order valence-corrected chi connectivity index (χ1v) is 9.11. The second-order valence-corrected chi connectivity index (χ2v) is 6.77. The molecule has 0 saturated carbocycles. The first kappa shape index (κ1) is 17.4. The molecule has 3 heteroatoms. The second-order valence-electron chi connectivity index (χ2n) is 6.77. The summed E-state index contributed by atoms with van der Waals surface area (Å²) in [5, 5.41) is 11.3. The second kappa shape index (κ2) is 8.63. The van der Waals surface area contributed by atoms with Crippen LogP contribution in [0.5, 0.6) is 0 Å². The Kier molecular flexibility index (Phi) is 6.02. The van der Waals surface area contributed by atoms with Gasteiger partial charge >= 0.3 is 5.97 Å². The Morgan fingerprint density at radius 2 is 1.60 bits per heavy atom. The Morgan fingerprint density at radius 1 is 1.00 bits per heavy atom. The SMILES string of the molecule is O=C(O)[C@@H]1CC[C@H](CCC=C(c2ccccc2)c2ccccc2)[NH2+]C1. The molecule has 0 spiro atoms. The van der Waals surface area contributed by atoms with Crippen LogP contribution in [0.25, 0.3) is 5.57 Å². The molecule has 1 heterocycles. The molecule has 1 fully saturated rings. The number of rotatable bonds is 6. The molecule has 1 aliphatic heterocycles. The van der Waals surface area contributed by atoms with E-state index < -0.39 is 5.97 Å². The molecule has 2 aromatic rings. The van der Waals surface area contributed by atoms with Crippen LogP contribution in [0.3, 0.4) is 0 Å². The third-order valence-corrected chi connectivity index (χ3v) is 5.04. The lowest BCUT2D eigenvalue weighted by molar-refractivity contribution is -0.702. The molecule has 0 aromatic heterocycles. The van der Waals surface area contributed by atoms with Gasteiger partial charge in [-0.1, -0.05) is 66.7 Å². The van der Waals surface area contributed by atoms with E-state index in [1.807, 2.05) is 12.1 Å². The lowest BCUT2D eigenvalue weighted by Crippen LogP contribution is -2.93. The number of hydrogen-bond donors (Lipinski definition) is 2. The maximum absolute atomic E-state index is 11.0. The van der Waals surface area contributed by atoms with Crippen LogP contribution in [0.4, 0.5) is 0 Å². The highest BCUT2D eigenvalue weighted by molar-refractivity contribution is 5.79. The highest BCUT2D eigenvalue weighted by atomic mass is 16.4. The maximum atomic E-state index is 11.0. The van der Waals surface area contributed by atoms with Gasteiger partial charge in [0.05, 0.1) is 12.6 Å². The largest absolute Gasteiger partial charge is 0.481 e. The molecule has 130 valence electrons. The van der Waals surface area contributed by atoms with E-state index in [-0.39, 0.29) is 5.92 Å². The molecule has 0 bridgehead atoms. The molecule has 1 saturated heterocycles. The fraction of sp³-hybridized carbons (Fsp3) is 0.318. The minimum Gasteiger partial charge on any atom is -0.481 e. The molecule has 3 rings (SSSR count). The van der Waals surface area contributed by atoms with Crippen molar-refractivity contribution in [3.05, 3.63) is 77.9 Å². The van der Waals surface area contributed by atoms with Gasteiger partial charge in [-0.3, -0.25) is 4.79 Å². The summed E-state index contributed by atoms with van der Waals surface area (Å²) in [6, 6.07) is 21.6. The third kappa shape index (κ3) is 4.80. The molecule has 0 aliphatic carbocycles. The van der Waals surface area contributed by atoms with Crippen molar-refractivity contribution in [2.75, 3.05) is 6.54 Å². The van der Waals surface area contributed by atoms with E-state index >= 15 is 0 Å². The van der Waals surface area contributed by atoms with Crippen LogP contribution in [0.1, 0.15) is 36.8 Å². The van der Waals surface area contributed by atoms with E-state index in [1.54, 1.807) is 0 Å². The summed E-state index contributed by atoms with van der Waals surface area (Å²) >= 11 is 0. The zero-order valence-corrected chi connectivity index (χ0v) is 14.5. The van der Waals surface area contributed by atoms with Gasteiger partial charge in [0, 0.05) is 12.8 Å². The first-order chi connectivity index (χ1) is 12.2. The minimum absolute atomic E-state index is 0.170. The van der Waals surface area contributed by atoms with Gasteiger partial charge in [0.2, 0.25) is 0 Å². The molecule has 2 aromatic carbocycles. The average Bonchev–Trinajstić information content (AvgIpc) is 2.67. The predicted molar refractivity (Wildman–Crippen MR) is 100 cm³/mol. The van der Waals surface area contributed by atoms with Crippen molar-refractivity contribution in [3.63, 3.8) is 0 Å². The Morgan fingerprint density at radius 3 is 2.08 bits per heavy atom. The van der Waals surface area contributed by atoms with Crippen LogP contribution in [-0.4, -0.2) is 23.7 Å². The van der Waals surface area contributed by atoms with E-state index in [2.05, 4.69) is 59.9 Å². The fourth-order valence-corrected chi connectivity index (χ4v) is 3.57. The van der Waals surface area contributed by atoms with Gasteiger partial charge in [-0.25, -0.2) is 0 Å². The lowest BCUT2D eigenvalue weighted by atomic mass is 9.91. The molecule has 25 heavy (non-hydrogen) atoms. The average molecular weight is 336 g/mol. The number of carbonyl (C=O) groups is 1. The summed E-state index contributed by atoms with van der Waals surface area (Å²) in [7, 11) is 0. The van der Waals surface area contributed by atoms with Crippen LogP contribution in [-0.2, 0) is 4.79 Å². The zero-order chi connectivity index (χ0) is 17.5. The number of nitrogens with two attached hydrogens (primary N) is 1. The molecular formula is C22H26NO2+. The number of carboxylic acids is 1. The number of carboxylic acid groups (broad SMARTS) is 1. The van der Waals surface area contributed by atoms with Crippen LogP contribution >= 0.6 is 0 Å². The van der Waals surface area contributed by atoms with Crippen molar-refractivity contribution in [1.29, 1.82) is 0 Å². The number of benzene rings is 2. The zero-order valence-electron chi connectivity index (χ0n) is 14.5. The number of aliphatic carboxylic acids is 1. The van der Waals surface area contributed by atoms with Gasteiger partial charge in [-0.15, -0.1) is 0 Å². The van der Waals surface area contributed by atoms with Gasteiger partial charge in [0.15, 0.2) is 0 Å². The molecule has 3 N–H and O–H groups in total. The van der Waals surface area contributed by atoms with Crippen molar-refractivity contribution in [2.45, 2.75) is 31.7 Å². The maximum Gasteiger partial charge on any atom is 0.312 e. The monoisotopic (exact) mass is 336 g/mol. The van der Waals surface area contributed by atoms with Gasteiger partial charge in [0.1, 0.15) is 5.92 Å². The number of piperidine rings is 1. The van der Waals surface area contributed by atoms with Crippen LogP contribution in [0.15, 0.2) is 66.7 Å². The predicted octanol–water partition coefficient (Wildman–Crippen LogP) is 3.33. The van der Waals surface area contributed by atoms with E-state index in [1.165, 1.54) is 16.7 Å². The quantitative estimate of drug-likeness (QED) is 0.850. The van der Waals surface area contributed by atoms with Gasteiger partial charge in [-0.05, 0) is 29.5 Å². The number of allylic oxidation sites excluding steroid dienone is 1. The van der Waals surface area contributed by atoms with Crippen molar-refractivity contribution >= 4 is 11.5 Å². The third-order valence-electron chi connectivity index (χ3n) is 5.04. The highest BCUT2D eigenvalue weighted by Gasteiger charge is 2.28. The van der Waals surface area contributed by atoms with Crippen molar-refractivity contribution < 1.29 is 15.2 Å². The van der Waals surface area contributed by atoms with Crippen molar-refractivity contribution in [3.8, 4) is 0 Å². The molecule has 2 atom stereocenters. The van der Waals surface area contributed by atoms with E-state index in [0.717, 1.165) is 25.7 Å².